The van der Waals surface area contributed by atoms with Crippen LogP contribution in [0.2, 0.25) is 0 Å². The lowest BCUT2D eigenvalue weighted by Crippen LogP contribution is -2.52. The third kappa shape index (κ3) is 4.02. The van der Waals surface area contributed by atoms with E-state index in [0.29, 0.717) is 6.54 Å². The zero-order valence-corrected chi connectivity index (χ0v) is 12.6. The molecule has 1 aromatic rings. The highest BCUT2D eigenvalue weighted by Crippen LogP contribution is 2.18. The summed E-state index contributed by atoms with van der Waals surface area (Å²) in [6.07, 6.45) is 3.82. The second kappa shape index (κ2) is 6.67. The predicted molar refractivity (Wildman–Crippen MR) is 80.2 cm³/mol. The van der Waals surface area contributed by atoms with E-state index in [1.165, 1.54) is 4.31 Å². The number of nitrogens with zero attached hydrogens (tertiary/aromatic N) is 1. The standard InChI is InChI=1S/C14H23N3O2S/c1-17(11-12-7-3-2-4-8-12)20(18,19)16-14-10-6-5-9-13(14)15/h2-4,7-8,13-14,16H,5-6,9-11,15H2,1H3/t13-,14-/m1/s1. The Labute approximate surface area is 121 Å². The Kier molecular flexibility index (Phi) is 5.15. The smallest absolute Gasteiger partial charge is 0.279 e. The van der Waals surface area contributed by atoms with Crippen molar-refractivity contribution in [1.82, 2.24) is 9.03 Å². The summed E-state index contributed by atoms with van der Waals surface area (Å²) >= 11 is 0. The lowest BCUT2D eigenvalue weighted by Gasteiger charge is -2.30. The molecule has 0 radical (unpaired) electrons. The van der Waals surface area contributed by atoms with Gasteiger partial charge in [0.05, 0.1) is 0 Å². The molecule has 0 aromatic heterocycles. The van der Waals surface area contributed by atoms with Crippen LogP contribution in [-0.4, -0.2) is 31.9 Å². The molecule has 1 fully saturated rings. The molecular formula is C14H23N3O2S. The van der Waals surface area contributed by atoms with Gasteiger partial charge >= 0.3 is 0 Å². The molecular weight excluding hydrogens is 274 g/mol. The van der Waals surface area contributed by atoms with E-state index >= 15 is 0 Å². The van der Waals surface area contributed by atoms with Gasteiger partial charge in [-0.3, -0.25) is 0 Å². The average Bonchev–Trinajstić information content (AvgIpc) is 2.42. The molecule has 3 N–H and O–H groups in total. The maximum atomic E-state index is 12.3. The second-order valence-electron chi connectivity index (χ2n) is 5.42. The van der Waals surface area contributed by atoms with Crippen molar-refractivity contribution in [2.45, 2.75) is 44.3 Å². The molecule has 6 heteroatoms. The van der Waals surface area contributed by atoms with Crippen molar-refractivity contribution in [3.63, 3.8) is 0 Å². The van der Waals surface area contributed by atoms with E-state index in [-0.39, 0.29) is 12.1 Å². The van der Waals surface area contributed by atoms with E-state index in [1.54, 1.807) is 7.05 Å². The molecule has 2 rings (SSSR count). The van der Waals surface area contributed by atoms with Gasteiger partial charge < -0.3 is 5.73 Å². The summed E-state index contributed by atoms with van der Waals surface area (Å²) in [5.41, 5.74) is 6.96. The van der Waals surface area contributed by atoms with Crippen LogP contribution in [0, 0.1) is 0 Å². The molecule has 0 heterocycles. The van der Waals surface area contributed by atoms with E-state index in [2.05, 4.69) is 4.72 Å². The molecule has 5 nitrogen and oxygen atoms in total. The maximum absolute atomic E-state index is 12.3. The van der Waals surface area contributed by atoms with Crippen molar-refractivity contribution in [1.29, 1.82) is 0 Å². The molecule has 1 aliphatic rings. The molecule has 1 aromatic carbocycles. The number of nitrogens with two attached hydrogens (primary N) is 1. The molecule has 0 amide bonds. The number of nitrogens with one attached hydrogen (secondary N) is 1. The Morgan fingerprint density at radius 2 is 1.90 bits per heavy atom. The number of hydrogen-bond donors (Lipinski definition) is 2. The fourth-order valence-electron chi connectivity index (χ4n) is 2.51. The third-order valence-electron chi connectivity index (χ3n) is 3.78. The Bertz CT molecular complexity index is 518. The van der Waals surface area contributed by atoms with Gasteiger partial charge in [-0.25, -0.2) is 0 Å². The van der Waals surface area contributed by atoms with Gasteiger partial charge in [0.2, 0.25) is 0 Å². The molecule has 1 aliphatic carbocycles. The van der Waals surface area contributed by atoms with Crippen LogP contribution in [0.4, 0.5) is 0 Å². The van der Waals surface area contributed by atoms with E-state index in [9.17, 15) is 8.42 Å². The predicted octanol–water partition coefficient (Wildman–Crippen LogP) is 1.22. The topological polar surface area (TPSA) is 75.4 Å². The van der Waals surface area contributed by atoms with Crippen LogP contribution in [0.1, 0.15) is 31.2 Å². The highest BCUT2D eigenvalue weighted by molar-refractivity contribution is 7.87. The van der Waals surface area contributed by atoms with Crippen LogP contribution in [0.25, 0.3) is 0 Å². The first-order valence-corrected chi connectivity index (χ1v) is 8.46. The normalized spacial score (nSPS) is 23.9. The van der Waals surface area contributed by atoms with E-state index in [4.69, 9.17) is 5.73 Å². The van der Waals surface area contributed by atoms with Gasteiger partial charge in [0, 0.05) is 25.7 Å². The van der Waals surface area contributed by atoms with Gasteiger partial charge in [0.25, 0.3) is 10.2 Å². The summed E-state index contributed by atoms with van der Waals surface area (Å²) in [4.78, 5) is 0. The van der Waals surface area contributed by atoms with Crippen molar-refractivity contribution in [2.75, 3.05) is 7.05 Å². The van der Waals surface area contributed by atoms with Crippen LogP contribution in [-0.2, 0) is 16.8 Å². The molecule has 0 unspecified atom stereocenters. The first-order valence-electron chi connectivity index (χ1n) is 7.02. The van der Waals surface area contributed by atoms with Crippen molar-refractivity contribution in [2.24, 2.45) is 5.73 Å². The summed E-state index contributed by atoms with van der Waals surface area (Å²) in [7, 11) is -1.90. The summed E-state index contributed by atoms with van der Waals surface area (Å²) in [6.45, 7) is 0.359. The second-order valence-corrected chi connectivity index (χ2v) is 7.23. The van der Waals surface area contributed by atoms with Crippen LogP contribution in [0.3, 0.4) is 0 Å². The Morgan fingerprint density at radius 1 is 1.25 bits per heavy atom. The van der Waals surface area contributed by atoms with Gasteiger partial charge in [-0.05, 0) is 18.4 Å². The largest absolute Gasteiger partial charge is 0.326 e. The molecule has 0 spiro atoms. The van der Waals surface area contributed by atoms with Crippen molar-refractivity contribution < 1.29 is 8.42 Å². The molecule has 112 valence electrons. The first kappa shape index (κ1) is 15.4. The Morgan fingerprint density at radius 3 is 2.55 bits per heavy atom. The molecule has 0 saturated heterocycles. The highest BCUT2D eigenvalue weighted by atomic mass is 32.2. The summed E-state index contributed by atoms with van der Waals surface area (Å²) in [5.74, 6) is 0. The first-order chi connectivity index (χ1) is 9.49. The van der Waals surface area contributed by atoms with Crippen LogP contribution >= 0.6 is 0 Å². The summed E-state index contributed by atoms with van der Waals surface area (Å²) in [6, 6.07) is 9.32. The fourth-order valence-corrected chi connectivity index (χ4v) is 3.69. The minimum Gasteiger partial charge on any atom is -0.326 e. The minimum atomic E-state index is -3.49. The quantitative estimate of drug-likeness (QED) is 0.858. The molecule has 20 heavy (non-hydrogen) atoms. The van der Waals surface area contributed by atoms with E-state index in [1.807, 2.05) is 30.3 Å². The maximum Gasteiger partial charge on any atom is 0.279 e. The molecule has 0 bridgehead atoms. The Balaban J connectivity index is 1.98. The third-order valence-corrected chi connectivity index (χ3v) is 5.33. The zero-order chi connectivity index (χ0) is 14.6. The Hall–Kier alpha value is -0.950. The fraction of sp³-hybridized carbons (Fsp3) is 0.571. The minimum absolute atomic E-state index is 0.0800. The van der Waals surface area contributed by atoms with Crippen LogP contribution < -0.4 is 10.5 Å². The highest BCUT2D eigenvalue weighted by Gasteiger charge is 2.28. The van der Waals surface area contributed by atoms with E-state index < -0.39 is 10.2 Å². The average molecular weight is 297 g/mol. The molecule has 1 saturated carbocycles. The summed E-state index contributed by atoms with van der Waals surface area (Å²) in [5, 5.41) is 0. The van der Waals surface area contributed by atoms with Crippen LogP contribution in [0.15, 0.2) is 30.3 Å². The number of hydrogen-bond acceptors (Lipinski definition) is 3. The van der Waals surface area contributed by atoms with Gasteiger partial charge in [0.15, 0.2) is 0 Å². The lowest BCUT2D eigenvalue weighted by atomic mass is 9.92. The van der Waals surface area contributed by atoms with Crippen LogP contribution in [0.5, 0.6) is 0 Å². The van der Waals surface area contributed by atoms with Gasteiger partial charge in [-0.1, -0.05) is 43.2 Å². The SMILES string of the molecule is CN(Cc1ccccc1)S(=O)(=O)N[C@@H]1CCCC[C@H]1N. The summed E-state index contributed by atoms with van der Waals surface area (Å²) < 4.78 is 28.7. The van der Waals surface area contributed by atoms with Gasteiger partial charge in [-0.2, -0.15) is 17.4 Å². The van der Waals surface area contributed by atoms with Crippen molar-refractivity contribution >= 4 is 10.2 Å². The van der Waals surface area contributed by atoms with Crippen molar-refractivity contribution in [3.8, 4) is 0 Å². The number of benzene rings is 1. The number of rotatable bonds is 5. The molecule has 0 aliphatic heterocycles. The van der Waals surface area contributed by atoms with E-state index in [0.717, 1.165) is 31.2 Å². The molecule has 2 atom stereocenters. The van der Waals surface area contributed by atoms with Gasteiger partial charge in [0.1, 0.15) is 0 Å². The van der Waals surface area contributed by atoms with Gasteiger partial charge in [-0.15, -0.1) is 0 Å². The lowest BCUT2D eigenvalue weighted by molar-refractivity contribution is 0.349. The monoisotopic (exact) mass is 297 g/mol. The van der Waals surface area contributed by atoms with Crippen molar-refractivity contribution in [3.05, 3.63) is 35.9 Å². The zero-order valence-electron chi connectivity index (χ0n) is 11.8.